The average Bonchev–Trinajstić information content (AvgIpc) is 2.37. The molecule has 4 nitrogen and oxygen atoms in total. The van der Waals surface area contributed by atoms with Crippen LogP contribution in [0.2, 0.25) is 5.02 Å². The van der Waals surface area contributed by atoms with Gasteiger partial charge < -0.3 is 10.6 Å². The van der Waals surface area contributed by atoms with Crippen LogP contribution in [0.25, 0.3) is 0 Å². The van der Waals surface area contributed by atoms with E-state index in [4.69, 9.17) is 11.6 Å². The molecule has 2 N–H and O–H groups in total. The fraction of sp³-hybridized carbons (Fsp3) is 0.231. The molecule has 0 aliphatic heterocycles. The van der Waals surface area contributed by atoms with Gasteiger partial charge >= 0.3 is 0 Å². The molecule has 1 aromatic carbocycles. The lowest BCUT2D eigenvalue weighted by molar-refractivity contribution is 1.09. The third kappa shape index (κ3) is 3.58. The number of nitrogens with one attached hydrogen (secondary N) is 2. The van der Waals surface area contributed by atoms with Crippen LogP contribution in [0.3, 0.4) is 0 Å². The van der Waals surface area contributed by atoms with E-state index in [0.29, 0.717) is 16.8 Å². The number of anilines is 3. The molecule has 0 atom stereocenters. The predicted octanol–water partition coefficient (Wildman–Crippen LogP) is 4.38. The van der Waals surface area contributed by atoms with Gasteiger partial charge in [-0.15, -0.1) is 0 Å². The summed E-state index contributed by atoms with van der Waals surface area (Å²) in [4.78, 5) is 8.45. The summed E-state index contributed by atoms with van der Waals surface area (Å²) in [5, 5.41) is 6.77. The lowest BCUT2D eigenvalue weighted by atomic mass is 10.2. The molecule has 0 amide bonds. The van der Waals surface area contributed by atoms with Crippen molar-refractivity contribution in [2.24, 2.45) is 0 Å². The molecule has 0 unspecified atom stereocenters. The third-order valence-electron chi connectivity index (χ3n) is 2.52. The first-order chi connectivity index (χ1) is 9.10. The normalized spacial score (nSPS) is 10.3. The topological polar surface area (TPSA) is 49.8 Å². The van der Waals surface area contributed by atoms with Crippen molar-refractivity contribution in [2.75, 3.05) is 17.2 Å². The maximum absolute atomic E-state index is 6.11. The second kappa shape index (κ2) is 6.21. The Kier molecular flexibility index (Phi) is 4.61. The number of hydrogen-bond donors (Lipinski definition) is 2. The van der Waals surface area contributed by atoms with Crippen molar-refractivity contribution >= 4 is 45.0 Å². The van der Waals surface area contributed by atoms with Crippen LogP contribution in [0.15, 0.2) is 28.9 Å². The Bertz CT molecular complexity index is 589. The molecule has 0 fully saturated rings. The van der Waals surface area contributed by atoms with Crippen molar-refractivity contribution in [2.45, 2.75) is 13.8 Å². The minimum atomic E-state index is 0.490. The highest BCUT2D eigenvalue weighted by atomic mass is 79.9. The van der Waals surface area contributed by atoms with Gasteiger partial charge in [0.15, 0.2) is 5.82 Å². The standard InChI is InChI=1S/C13H14BrClN4/c1-3-16-13-17-7-10(15)12(19-13)18-11-5-4-9(14)6-8(11)2/h4-7H,3H2,1-2H3,(H2,16,17,18,19). The number of aromatic nitrogens is 2. The van der Waals surface area contributed by atoms with Crippen LogP contribution in [-0.2, 0) is 0 Å². The Hall–Kier alpha value is -1.33. The number of benzene rings is 1. The zero-order chi connectivity index (χ0) is 13.8. The van der Waals surface area contributed by atoms with Crippen LogP contribution in [0.1, 0.15) is 12.5 Å². The van der Waals surface area contributed by atoms with Crippen LogP contribution in [0.5, 0.6) is 0 Å². The number of nitrogens with zero attached hydrogens (tertiary/aromatic N) is 2. The van der Waals surface area contributed by atoms with Gasteiger partial charge in [-0.25, -0.2) is 4.98 Å². The highest BCUT2D eigenvalue weighted by Crippen LogP contribution is 2.27. The monoisotopic (exact) mass is 340 g/mol. The molecule has 2 rings (SSSR count). The molecule has 1 heterocycles. The van der Waals surface area contributed by atoms with E-state index < -0.39 is 0 Å². The van der Waals surface area contributed by atoms with E-state index in [1.54, 1.807) is 6.20 Å². The van der Waals surface area contributed by atoms with E-state index in [-0.39, 0.29) is 0 Å². The van der Waals surface area contributed by atoms with Crippen LogP contribution < -0.4 is 10.6 Å². The fourth-order valence-electron chi connectivity index (χ4n) is 1.59. The molecule has 0 spiro atoms. The van der Waals surface area contributed by atoms with Gasteiger partial charge in [0.2, 0.25) is 5.95 Å². The Morgan fingerprint density at radius 1 is 1.37 bits per heavy atom. The Labute approximate surface area is 125 Å². The molecule has 0 saturated carbocycles. The summed E-state index contributed by atoms with van der Waals surface area (Å²) in [5.74, 6) is 1.15. The van der Waals surface area contributed by atoms with Crippen molar-refractivity contribution in [3.63, 3.8) is 0 Å². The van der Waals surface area contributed by atoms with Gasteiger partial charge in [0.1, 0.15) is 5.02 Å². The fourth-order valence-corrected chi connectivity index (χ4v) is 2.21. The molecule has 100 valence electrons. The lowest BCUT2D eigenvalue weighted by Crippen LogP contribution is -2.04. The molecule has 1 aromatic heterocycles. The van der Waals surface area contributed by atoms with Crippen molar-refractivity contribution in [3.05, 3.63) is 39.5 Å². The largest absolute Gasteiger partial charge is 0.354 e. The maximum Gasteiger partial charge on any atom is 0.224 e. The summed E-state index contributed by atoms with van der Waals surface area (Å²) >= 11 is 9.54. The SMILES string of the molecule is CCNc1ncc(Cl)c(Nc2ccc(Br)cc2C)n1. The van der Waals surface area contributed by atoms with Gasteiger partial charge in [-0.05, 0) is 37.6 Å². The van der Waals surface area contributed by atoms with Gasteiger partial charge in [0.05, 0.1) is 6.20 Å². The molecule has 0 aliphatic rings. The minimum Gasteiger partial charge on any atom is -0.354 e. The Balaban J connectivity index is 2.29. The second-order valence-corrected chi connectivity index (χ2v) is 5.33. The zero-order valence-corrected chi connectivity index (χ0v) is 13.0. The smallest absolute Gasteiger partial charge is 0.224 e. The van der Waals surface area contributed by atoms with Crippen LogP contribution in [0, 0.1) is 6.92 Å². The van der Waals surface area contributed by atoms with E-state index in [1.807, 2.05) is 32.0 Å². The highest BCUT2D eigenvalue weighted by Gasteiger charge is 2.07. The first-order valence-electron chi connectivity index (χ1n) is 5.89. The van der Waals surface area contributed by atoms with Crippen molar-refractivity contribution in [1.82, 2.24) is 9.97 Å². The summed E-state index contributed by atoms with van der Waals surface area (Å²) in [5.41, 5.74) is 2.07. The van der Waals surface area contributed by atoms with E-state index in [1.165, 1.54) is 0 Å². The first-order valence-corrected chi connectivity index (χ1v) is 7.07. The van der Waals surface area contributed by atoms with Gasteiger partial charge in [-0.1, -0.05) is 27.5 Å². The van der Waals surface area contributed by atoms with Gasteiger partial charge in [0, 0.05) is 16.7 Å². The van der Waals surface area contributed by atoms with Gasteiger partial charge in [-0.2, -0.15) is 4.98 Å². The third-order valence-corrected chi connectivity index (χ3v) is 3.29. The van der Waals surface area contributed by atoms with Gasteiger partial charge in [-0.3, -0.25) is 0 Å². The summed E-state index contributed by atoms with van der Waals surface area (Å²) in [7, 11) is 0. The van der Waals surface area contributed by atoms with Gasteiger partial charge in [0.25, 0.3) is 0 Å². The van der Waals surface area contributed by atoms with E-state index >= 15 is 0 Å². The molecule has 6 heteroatoms. The predicted molar refractivity (Wildman–Crippen MR) is 83.4 cm³/mol. The molecule has 0 saturated heterocycles. The van der Waals surface area contributed by atoms with Crippen molar-refractivity contribution in [1.29, 1.82) is 0 Å². The second-order valence-electron chi connectivity index (χ2n) is 4.00. The van der Waals surface area contributed by atoms with Crippen molar-refractivity contribution < 1.29 is 0 Å². The van der Waals surface area contributed by atoms with Crippen LogP contribution in [0.4, 0.5) is 17.5 Å². The summed E-state index contributed by atoms with van der Waals surface area (Å²) < 4.78 is 1.04. The lowest BCUT2D eigenvalue weighted by Gasteiger charge is -2.11. The summed E-state index contributed by atoms with van der Waals surface area (Å²) in [6.07, 6.45) is 1.59. The number of rotatable bonds is 4. The summed E-state index contributed by atoms with van der Waals surface area (Å²) in [6, 6.07) is 5.98. The molecule has 2 aromatic rings. The number of halogens is 2. The molecule has 0 radical (unpaired) electrons. The summed E-state index contributed by atoms with van der Waals surface area (Å²) in [6.45, 7) is 4.77. The van der Waals surface area contributed by atoms with Crippen molar-refractivity contribution in [3.8, 4) is 0 Å². The molecule has 0 aliphatic carbocycles. The Morgan fingerprint density at radius 2 is 2.16 bits per heavy atom. The minimum absolute atomic E-state index is 0.490. The van der Waals surface area contributed by atoms with Crippen LogP contribution >= 0.6 is 27.5 Å². The maximum atomic E-state index is 6.11. The molecule has 0 bridgehead atoms. The van der Waals surface area contributed by atoms with Crippen LogP contribution in [-0.4, -0.2) is 16.5 Å². The molecule has 19 heavy (non-hydrogen) atoms. The van der Waals surface area contributed by atoms with E-state index in [9.17, 15) is 0 Å². The van der Waals surface area contributed by atoms with E-state index in [0.717, 1.165) is 22.3 Å². The first kappa shape index (κ1) is 14.1. The van der Waals surface area contributed by atoms with E-state index in [2.05, 4.69) is 36.5 Å². The quantitative estimate of drug-likeness (QED) is 0.866. The average molecular weight is 342 g/mol. The number of aryl methyl sites for hydroxylation is 1. The highest BCUT2D eigenvalue weighted by molar-refractivity contribution is 9.10. The number of hydrogen-bond acceptors (Lipinski definition) is 4. The molecular formula is C13H14BrClN4. The Morgan fingerprint density at radius 3 is 2.84 bits per heavy atom. The zero-order valence-electron chi connectivity index (χ0n) is 10.7. The molecular weight excluding hydrogens is 328 g/mol.